The Balaban J connectivity index is 1.87. The van der Waals surface area contributed by atoms with Crippen molar-refractivity contribution in [3.05, 3.63) is 60.2 Å². The molecule has 0 saturated carbocycles. The van der Waals surface area contributed by atoms with Gasteiger partial charge in [-0.05, 0) is 31.0 Å². The fourth-order valence-corrected chi connectivity index (χ4v) is 3.43. The van der Waals surface area contributed by atoms with Crippen molar-refractivity contribution < 1.29 is 0 Å². The topological polar surface area (TPSA) is 19.4 Å². The van der Waals surface area contributed by atoms with Crippen LogP contribution < -0.4 is 4.90 Å². The summed E-state index contributed by atoms with van der Waals surface area (Å²) in [7, 11) is 2.18. The maximum absolute atomic E-state index is 5.09. The second kappa shape index (κ2) is 6.25. The molecule has 3 aromatic rings. The molecule has 3 nitrogen and oxygen atoms in total. The van der Waals surface area contributed by atoms with Gasteiger partial charge in [0.05, 0.1) is 5.69 Å². The number of aryl methyl sites for hydroxylation is 1. The minimum absolute atomic E-state index is 1.04. The standard InChI is InChI=1S/C21H23N3/c1-16-7-3-5-9-18(16)21-19-10-6-4-8-17(19)15-20(22-21)24-13-11-23(2)12-14-24/h3-10,15H,11-14H2,1-2H3. The van der Waals surface area contributed by atoms with Crippen molar-refractivity contribution in [1.29, 1.82) is 0 Å². The first-order valence-corrected chi connectivity index (χ1v) is 8.61. The lowest BCUT2D eigenvalue weighted by Gasteiger charge is -2.33. The summed E-state index contributed by atoms with van der Waals surface area (Å²) in [5.41, 5.74) is 3.59. The highest BCUT2D eigenvalue weighted by molar-refractivity contribution is 5.97. The molecule has 0 N–H and O–H groups in total. The van der Waals surface area contributed by atoms with Gasteiger partial charge in [0, 0.05) is 37.1 Å². The molecule has 2 aromatic carbocycles. The van der Waals surface area contributed by atoms with E-state index in [4.69, 9.17) is 4.98 Å². The van der Waals surface area contributed by atoms with E-state index in [0.29, 0.717) is 0 Å². The van der Waals surface area contributed by atoms with E-state index < -0.39 is 0 Å². The number of likely N-dealkylation sites (N-methyl/N-ethyl adjacent to an activating group) is 1. The van der Waals surface area contributed by atoms with Gasteiger partial charge in [0.1, 0.15) is 5.82 Å². The predicted octanol–water partition coefficient (Wildman–Crippen LogP) is 3.96. The molecule has 122 valence electrons. The fourth-order valence-electron chi connectivity index (χ4n) is 3.43. The Hall–Kier alpha value is -2.39. The first kappa shape index (κ1) is 15.2. The molecule has 0 atom stereocenters. The van der Waals surface area contributed by atoms with Crippen LogP contribution in [0, 0.1) is 6.92 Å². The molecule has 0 unspecified atom stereocenters. The molecule has 1 aliphatic heterocycles. The van der Waals surface area contributed by atoms with Gasteiger partial charge in [-0.2, -0.15) is 0 Å². The van der Waals surface area contributed by atoms with Crippen molar-refractivity contribution in [2.24, 2.45) is 0 Å². The van der Waals surface area contributed by atoms with Crippen LogP contribution in [0.3, 0.4) is 0 Å². The fraction of sp³-hybridized carbons (Fsp3) is 0.286. The van der Waals surface area contributed by atoms with Crippen LogP contribution in [0.5, 0.6) is 0 Å². The lowest BCUT2D eigenvalue weighted by molar-refractivity contribution is 0.312. The average molecular weight is 317 g/mol. The van der Waals surface area contributed by atoms with Gasteiger partial charge in [-0.15, -0.1) is 0 Å². The Morgan fingerprint density at radius 2 is 1.58 bits per heavy atom. The molecule has 0 bridgehead atoms. The number of hydrogen-bond donors (Lipinski definition) is 0. The number of nitrogens with zero attached hydrogens (tertiary/aromatic N) is 3. The lowest BCUT2D eigenvalue weighted by Crippen LogP contribution is -2.44. The SMILES string of the molecule is Cc1ccccc1-c1nc(N2CCN(C)CC2)cc2ccccc12. The highest BCUT2D eigenvalue weighted by atomic mass is 15.3. The summed E-state index contributed by atoms with van der Waals surface area (Å²) in [6, 6.07) is 19.3. The highest BCUT2D eigenvalue weighted by Crippen LogP contribution is 2.32. The molecule has 1 aliphatic rings. The summed E-state index contributed by atoms with van der Waals surface area (Å²) in [5, 5.41) is 2.49. The number of aromatic nitrogens is 1. The second-order valence-electron chi connectivity index (χ2n) is 6.66. The van der Waals surface area contributed by atoms with Crippen LogP contribution in [0.2, 0.25) is 0 Å². The van der Waals surface area contributed by atoms with Gasteiger partial charge in [-0.25, -0.2) is 4.98 Å². The van der Waals surface area contributed by atoms with E-state index >= 15 is 0 Å². The molecule has 2 heterocycles. The molecule has 0 amide bonds. The Morgan fingerprint density at radius 3 is 2.38 bits per heavy atom. The first-order valence-electron chi connectivity index (χ1n) is 8.61. The molecular formula is C21H23N3. The third kappa shape index (κ3) is 2.76. The number of benzene rings is 2. The molecule has 1 fully saturated rings. The van der Waals surface area contributed by atoms with Crippen molar-refractivity contribution in [3.63, 3.8) is 0 Å². The number of piperazine rings is 1. The number of fused-ring (bicyclic) bond motifs is 1. The lowest BCUT2D eigenvalue weighted by atomic mass is 10.00. The van der Waals surface area contributed by atoms with Crippen molar-refractivity contribution in [3.8, 4) is 11.3 Å². The van der Waals surface area contributed by atoms with Crippen molar-refractivity contribution >= 4 is 16.6 Å². The minimum Gasteiger partial charge on any atom is -0.354 e. The number of pyridine rings is 1. The zero-order valence-corrected chi connectivity index (χ0v) is 14.4. The van der Waals surface area contributed by atoms with Crippen LogP contribution in [0.1, 0.15) is 5.56 Å². The van der Waals surface area contributed by atoms with Crippen LogP contribution in [-0.2, 0) is 0 Å². The van der Waals surface area contributed by atoms with Gasteiger partial charge < -0.3 is 9.80 Å². The third-order valence-corrected chi connectivity index (χ3v) is 4.95. The quantitative estimate of drug-likeness (QED) is 0.713. The molecule has 3 heteroatoms. The van der Waals surface area contributed by atoms with Gasteiger partial charge in [0.2, 0.25) is 0 Å². The van der Waals surface area contributed by atoms with Crippen molar-refractivity contribution in [2.75, 3.05) is 38.1 Å². The molecule has 0 aliphatic carbocycles. The molecule has 4 rings (SSSR count). The Labute approximate surface area is 143 Å². The summed E-state index contributed by atoms with van der Waals surface area (Å²) in [5.74, 6) is 1.10. The average Bonchev–Trinajstić information content (AvgIpc) is 2.62. The molecule has 0 radical (unpaired) electrons. The van der Waals surface area contributed by atoms with E-state index in [1.54, 1.807) is 0 Å². The van der Waals surface area contributed by atoms with E-state index in [-0.39, 0.29) is 0 Å². The van der Waals surface area contributed by atoms with E-state index in [1.807, 2.05) is 0 Å². The number of anilines is 1. The number of hydrogen-bond acceptors (Lipinski definition) is 3. The van der Waals surface area contributed by atoms with Gasteiger partial charge >= 0.3 is 0 Å². The number of rotatable bonds is 2. The Kier molecular flexibility index (Phi) is 3.95. The van der Waals surface area contributed by atoms with Crippen LogP contribution in [0.4, 0.5) is 5.82 Å². The minimum atomic E-state index is 1.04. The summed E-state index contributed by atoms with van der Waals surface area (Å²) >= 11 is 0. The molecular weight excluding hydrogens is 294 g/mol. The molecule has 0 spiro atoms. The Morgan fingerprint density at radius 1 is 0.875 bits per heavy atom. The monoisotopic (exact) mass is 317 g/mol. The van der Waals surface area contributed by atoms with Crippen molar-refractivity contribution in [1.82, 2.24) is 9.88 Å². The zero-order valence-electron chi connectivity index (χ0n) is 14.4. The van der Waals surface area contributed by atoms with Crippen molar-refractivity contribution in [2.45, 2.75) is 6.92 Å². The maximum Gasteiger partial charge on any atom is 0.129 e. The highest BCUT2D eigenvalue weighted by Gasteiger charge is 2.18. The van der Waals surface area contributed by atoms with Gasteiger partial charge in [-0.3, -0.25) is 0 Å². The summed E-state index contributed by atoms with van der Waals surface area (Å²) in [6.45, 7) is 6.42. The summed E-state index contributed by atoms with van der Waals surface area (Å²) < 4.78 is 0. The van der Waals surface area contributed by atoms with E-state index in [9.17, 15) is 0 Å². The van der Waals surface area contributed by atoms with E-state index in [0.717, 1.165) is 37.7 Å². The van der Waals surface area contributed by atoms with Crippen LogP contribution in [-0.4, -0.2) is 43.1 Å². The molecule has 1 saturated heterocycles. The smallest absolute Gasteiger partial charge is 0.129 e. The maximum atomic E-state index is 5.09. The molecule has 24 heavy (non-hydrogen) atoms. The second-order valence-corrected chi connectivity index (χ2v) is 6.66. The predicted molar refractivity (Wildman–Crippen MR) is 102 cm³/mol. The van der Waals surface area contributed by atoms with Gasteiger partial charge in [0.15, 0.2) is 0 Å². The van der Waals surface area contributed by atoms with Gasteiger partial charge in [-0.1, -0.05) is 48.5 Å². The molecule has 1 aromatic heterocycles. The first-order chi connectivity index (χ1) is 11.7. The largest absolute Gasteiger partial charge is 0.354 e. The summed E-state index contributed by atoms with van der Waals surface area (Å²) in [6.07, 6.45) is 0. The summed E-state index contributed by atoms with van der Waals surface area (Å²) in [4.78, 5) is 9.87. The zero-order chi connectivity index (χ0) is 16.5. The van der Waals surface area contributed by atoms with E-state index in [2.05, 4.69) is 78.4 Å². The normalized spacial score (nSPS) is 15.8. The van der Waals surface area contributed by atoms with Gasteiger partial charge in [0.25, 0.3) is 0 Å². The van der Waals surface area contributed by atoms with E-state index in [1.165, 1.54) is 21.9 Å². The Bertz CT molecular complexity index is 864. The van der Waals surface area contributed by atoms with Crippen LogP contribution in [0.15, 0.2) is 54.6 Å². The van der Waals surface area contributed by atoms with Crippen LogP contribution in [0.25, 0.3) is 22.0 Å². The van der Waals surface area contributed by atoms with Crippen LogP contribution >= 0.6 is 0 Å². The third-order valence-electron chi connectivity index (χ3n) is 4.95.